The minimum Gasteiger partial charge on any atom is -0.311 e. The van der Waals surface area contributed by atoms with Crippen molar-refractivity contribution in [3.63, 3.8) is 0 Å². The van der Waals surface area contributed by atoms with Crippen LogP contribution in [0.4, 0.5) is 0 Å². The smallest absolute Gasteiger partial charge is 0.153 e. The fourth-order valence-electron chi connectivity index (χ4n) is 2.36. The van der Waals surface area contributed by atoms with Crippen molar-refractivity contribution in [2.75, 3.05) is 7.05 Å². The first kappa shape index (κ1) is 8.24. The molecule has 2 nitrogen and oxygen atoms in total. The molecule has 2 heteroatoms. The van der Waals surface area contributed by atoms with Gasteiger partial charge in [-0.2, -0.15) is 0 Å². The molecular formula is C10H17NO. The van der Waals surface area contributed by atoms with Crippen LogP contribution in [0.2, 0.25) is 0 Å². The molecule has 0 aromatic rings. The molecule has 0 aromatic heterocycles. The number of rotatable bonds is 1. The molecule has 2 unspecified atom stereocenters. The van der Waals surface area contributed by atoms with Crippen LogP contribution in [0.25, 0.3) is 0 Å². The van der Waals surface area contributed by atoms with E-state index in [0.717, 1.165) is 12.3 Å². The maximum Gasteiger partial charge on any atom is 0.153 e. The van der Waals surface area contributed by atoms with Crippen molar-refractivity contribution >= 4 is 5.78 Å². The van der Waals surface area contributed by atoms with Crippen molar-refractivity contribution in [3.05, 3.63) is 0 Å². The Balaban J connectivity index is 2.00. The lowest BCUT2D eigenvalue weighted by molar-refractivity contribution is -0.122. The zero-order valence-electron chi connectivity index (χ0n) is 7.68. The van der Waals surface area contributed by atoms with Crippen molar-refractivity contribution in [2.24, 2.45) is 11.8 Å². The number of likely N-dealkylation sites (N-methyl/N-ethyl adjacent to an activating group) is 1. The third kappa shape index (κ3) is 1.40. The largest absolute Gasteiger partial charge is 0.311 e. The van der Waals surface area contributed by atoms with E-state index in [0.29, 0.717) is 11.7 Å². The van der Waals surface area contributed by atoms with Gasteiger partial charge >= 0.3 is 0 Å². The van der Waals surface area contributed by atoms with E-state index in [1.54, 1.807) is 0 Å². The molecule has 2 aliphatic rings. The monoisotopic (exact) mass is 167 g/mol. The molecule has 0 heterocycles. The van der Waals surface area contributed by atoms with Crippen molar-refractivity contribution < 1.29 is 4.79 Å². The number of Topliss-reactive ketones (excluding diaryl/α,β-unsaturated/α-hetero) is 1. The van der Waals surface area contributed by atoms with Gasteiger partial charge in [-0.3, -0.25) is 4.79 Å². The van der Waals surface area contributed by atoms with E-state index in [1.807, 2.05) is 7.05 Å². The Labute approximate surface area is 73.7 Å². The highest BCUT2D eigenvalue weighted by atomic mass is 16.1. The molecule has 0 aromatic carbocycles. The minimum atomic E-state index is 0.167. The number of fused-ring (bicyclic) bond motifs is 1. The Kier molecular flexibility index (Phi) is 2.18. The van der Waals surface area contributed by atoms with Gasteiger partial charge in [0.2, 0.25) is 0 Å². The van der Waals surface area contributed by atoms with Crippen molar-refractivity contribution in [1.82, 2.24) is 5.32 Å². The Morgan fingerprint density at radius 1 is 1.33 bits per heavy atom. The highest BCUT2D eigenvalue weighted by Crippen LogP contribution is 2.45. The molecule has 68 valence electrons. The zero-order chi connectivity index (χ0) is 8.55. The van der Waals surface area contributed by atoms with E-state index in [9.17, 15) is 4.79 Å². The number of carbonyl (C=O) groups excluding carboxylic acids is 1. The summed E-state index contributed by atoms with van der Waals surface area (Å²) in [7, 11) is 1.90. The van der Waals surface area contributed by atoms with Gasteiger partial charge in [0.25, 0.3) is 0 Å². The Hall–Kier alpha value is -0.370. The summed E-state index contributed by atoms with van der Waals surface area (Å²) in [6.07, 6.45) is 6.08. The molecular weight excluding hydrogens is 150 g/mol. The number of nitrogens with one attached hydrogen (secondary N) is 1. The van der Waals surface area contributed by atoms with Gasteiger partial charge < -0.3 is 5.32 Å². The average Bonchev–Trinajstić information content (AvgIpc) is 2.80. The molecule has 2 fully saturated rings. The van der Waals surface area contributed by atoms with Crippen LogP contribution >= 0.6 is 0 Å². The number of hydrogen-bond acceptors (Lipinski definition) is 2. The third-order valence-electron chi connectivity index (χ3n) is 3.30. The van der Waals surface area contributed by atoms with Gasteiger partial charge in [-0.25, -0.2) is 0 Å². The molecule has 0 bridgehead atoms. The molecule has 2 saturated carbocycles. The van der Waals surface area contributed by atoms with Crippen LogP contribution in [0.1, 0.15) is 32.1 Å². The van der Waals surface area contributed by atoms with Crippen molar-refractivity contribution in [3.8, 4) is 0 Å². The molecule has 0 spiro atoms. The van der Waals surface area contributed by atoms with Gasteiger partial charge in [0, 0.05) is 5.92 Å². The van der Waals surface area contributed by atoms with Crippen LogP contribution in [0.15, 0.2) is 0 Å². The van der Waals surface area contributed by atoms with Gasteiger partial charge in [-0.05, 0) is 32.2 Å². The van der Waals surface area contributed by atoms with Gasteiger partial charge in [0.05, 0.1) is 6.04 Å². The van der Waals surface area contributed by atoms with Crippen LogP contribution in [0.5, 0.6) is 0 Å². The lowest BCUT2D eigenvalue weighted by Crippen LogP contribution is -2.36. The van der Waals surface area contributed by atoms with Crippen LogP contribution in [0, 0.1) is 11.8 Å². The Morgan fingerprint density at radius 3 is 2.83 bits per heavy atom. The summed E-state index contributed by atoms with van der Waals surface area (Å²) in [5.41, 5.74) is 0. The molecule has 2 aliphatic carbocycles. The molecule has 2 rings (SSSR count). The Morgan fingerprint density at radius 2 is 2.08 bits per heavy atom. The topological polar surface area (TPSA) is 29.1 Å². The predicted octanol–water partition coefficient (Wildman–Crippen LogP) is 1.35. The normalized spacial score (nSPS) is 41.4. The van der Waals surface area contributed by atoms with E-state index in [-0.39, 0.29) is 6.04 Å². The first-order valence-corrected chi connectivity index (χ1v) is 5.04. The van der Waals surface area contributed by atoms with Crippen molar-refractivity contribution in [2.45, 2.75) is 38.1 Å². The van der Waals surface area contributed by atoms with Crippen LogP contribution < -0.4 is 5.32 Å². The fourth-order valence-corrected chi connectivity index (χ4v) is 2.36. The van der Waals surface area contributed by atoms with E-state index in [2.05, 4.69) is 5.32 Å². The summed E-state index contributed by atoms with van der Waals surface area (Å²) >= 11 is 0. The summed E-state index contributed by atoms with van der Waals surface area (Å²) in [4.78, 5) is 11.7. The highest BCUT2D eigenvalue weighted by molar-refractivity contribution is 5.88. The van der Waals surface area contributed by atoms with E-state index >= 15 is 0 Å². The van der Waals surface area contributed by atoms with Gasteiger partial charge in [-0.15, -0.1) is 0 Å². The molecule has 0 aliphatic heterocycles. The predicted molar refractivity (Wildman–Crippen MR) is 47.9 cm³/mol. The number of ketones is 1. The van der Waals surface area contributed by atoms with E-state index in [4.69, 9.17) is 0 Å². The fraction of sp³-hybridized carbons (Fsp3) is 0.900. The molecule has 1 N–H and O–H groups in total. The van der Waals surface area contributed by atoms with Crippen LogP contribution in [-0.4, -0.2) is 18.9 Å². The zero-order valence-corrected chi connectivity index (χ0v) is 7.68. The van der Waals surface area contributed by atoms with Gasteiger partial charge in [-0.1, -0.05) is 12.8 Å². The summed E-state index contributed by atoms with van der Waals surface area (Å²) in [5, 5.41) is 3.13. The van der Waals surface area contributed by atoms with Gasteiger partial charge in [0.15, 0.2) is 5.78 Å². The lowest BCUT2D eigenvalue weighted by atomic mass is 9.96. The Bertz CT molecular complexity index is 190. The van der Waals surface area contributed by atoms with Crippen molar-refractivity contribution in [1.29, 1.82) is 0 Å². The van der Waals surface area contributed by atoms with Gasteiger partial charge in [0.1, 0.15) is 0 Å². The first-order valence-electron chi connectivity index (χ1n) is 5.04. The van der Waals surface area contributed by atoms with Crippen LogP contribution in [-0.2, 0) is 4.79 Å². The molecule has 12 heavy (non-hydrogen) atoms. The third-order valence-corrected chi connectivity index (χ3v) is 3.30. The highest BCUT2D eigenvalue weighted by Gasteiger charge is 2.44. The average molecular weight is 167 g/mol. The second-order valence-electron chi connectivity index (χ2n) is 4.13. The standard InChI is InChI=1S/C10H17NO/c1-11-9-5-3-2-4-7-6-8(7)10(9)12/h7-9,11H,2-6H2,1H3/t7-,8?,9?/m1/s1. The number of carbonyl (C=O) groups is 1. The summed E-state index contributed by atoms with van der Waals surface area (Å²) < 4.78 is 0. The minimum absolute atomic E-state index is 0.167. The molecule has 3 atom stereocenters. The van der Waals surface area contributed by atoms with Crippen LogP contribution in [0.3, 0.4) is 0 Å². The van der Waals surface area contributed by atoms with E-state index < -0.39 is 0 Å². The molecule has 0 radical (unpaired) electrons. The second kappa shape index (κ2) is 3.17. The maximum absolute atomic E-state index is 11.7. The number of hydrogen-bond donors (Lipinski definition) is 1. The maximum atomic E-state index is 11.7. The molecule has 0 amide bonds. The summed E-state index contributed by atoms with van der Waals surface area (Å²) in [6.45, 7) is 0. The quantitative estimate of drug-likeness (QED) is 0.638. The summed E-state index contributed by atoms with van der Waals surface area (Å²) in [5.74, 6) is 1.68. The first-order chi connectivity index (χ1) is 5.83. The SMILES string of the molecule is CNC1CCCC[C@@H]2CC2C1=O. The van der Waals surface area contributed by atoms with E-state index in [1.165, 1.54) is 25.7 Å². The lowest BCUT2D eigenvalue weighted by Gasteiger charge is -2.17. The summed E-state index contributed by atoms with van der Waals surface area (Å²) in [6, 6.07) is 0.167. The second-order valence-corrected chi connectivity index (χ2v) is 4.13. The molecule has 0 saturated heterocycles.